The average molecular weight is 309 g/mol. The van der Waals surface area contributed by atoms with Crippen LogP contribution in [0.3, 0.4) is 0 Å². The van der Waals surface area contributed by atoms with Crippen LogP contribution >= 0.6 is 0 Å². The molecule has 7 heteroatoms. The van der Waals surface area contributed by atoms with Gasteiger partial charge in [0.2, 0.25) is 0 Å². The topological polar surface area (TPSA) is 37.2 Å². The van der Waals surface area contributed by atoms with Gasteiger partial charge in [0, 0.05) is 12.3 Å². The van der Waals surface area contributed by atoms with Crippen molar-refractivity contribution in [3.05, 3.63) is 47.2 Å². The van der Waals surface area contributed by atoms with E-state index >= 15 is 0 Å². The highest BCUT2D eigenvalue weighted by Crippen LogP contribution is 2.29. The van der Waals surface area contributed by atoms with Gasteiger partial charge in [-0.25, -0.2) is 0 Å². The van der Waals surface area contributed by atoms with E-state index < -0.39 is 6.36 Å². The van der Waals surface area contributed by atoms with Crippen LogP contribution in [0.5, 0.6) is 5.75 Å². The molecule has 0 aromatic heterocycles. The number of aryl methyl sites for hydroxylation is 1. The molecule has 116 valence electrons. The summed E-state index contributed by atoms with van der Waals surface area (Å²) in [7, 11) is 0. The van der Waals surface area contributed by atoms with E-state index in [0.29, 0.717) is 5.56 Å². The first-order chi connectivity index (χ1) is 10.3. The molecule has 0 unspecified atom stereocenters. The molecule has 0 aliphatic carbocycles. The third kappa shape index (κ3) is 3.55. The summed E-state index contributed by atoms with van der Waals surface area (Å²) in [6, 6.07) is 4.18. The molecule has 4 nitrogen and oxygen atoms in total. The number of alkyl halides is 3. The van der Waals surface area contributed by atoms with Crippen molar-refractivity contribution < 1.29 is 17.9 Å². The first kappa shape index (κ1) is 15.8. The van der Waals surface area contributed by atoms with E-state index in [1.165, 1.54) is 17.3 Å². The predicted molar refractivity (Wildman–Crippen MR) is 79.5 cm³/mol. The van der Waals surface area contributed by atoms with Crippen molar-refractivity contribution in [2.75, 3.05) is 0 Å². The maximum absolute atomic E-state index is 12.2. The van der Waals surface area contributed by atoms with Crippen LogP contribution in [-0.4, -0.2) is 24.4 Å². The van der Waals surface area contributed by atoms with Crippen LogP contribution in [0.15, 0.2) is 46.3 Å². The second kappa shape index (κ2) is 6.05. The minimum Gasteiger partial charge on any atom is -0.406 e. The lowest BCUT2D eigenvalue weighted by Gasteiger charge is -2.19. The van der Waals surface area contributed by atoms with Crippen molar-refractivity contribution >= 4 is 18.5 Å². The van der Waals surface area contributed by atoms with E-state index in [0.717, 1.165) is 16.8 Å². The minimum atomic E-state index is -4.70. The first-order valence-electron chi connectivity index (χ1n) is 6.39. The standard InChI is InChI=1S/C15H14F3N3O/c1-4-12-8-11(9-20-21(12)19-3)14-6-5-13(7-10(14)2)22-15(16,17)18/h4-9H,3H2,1-2H3/b12-4-. The summed E-state index contributed by atoms with van der Waals surface area (Å²) in [6.07, 6.45) is 0.512. The van der Waals surface area contributed by atoms with E-state index in [9.17, 15) is 13.2 Å². The van der Waals surface area contributed by atoms with E-state index in [4.69, 9.17) is 0 Å². The number of halogens is 3. The van der Waals surface area contributed by atoms with E-state index in [1.807, 2.05) is 19.1 Å². The maximum atomic E-state index is 12.2. The van der Waals surface area contributed by atoms with Gasteiger partial charge < -0.3 is 4.74 Å². The summed E-state index contributed by atoms with van der Waals surface area (Å²) < 4.78 is 40.6. The molecule has 22 heavy (non-hydrogen) atoms. The molecule has 1 aliphatic heterocycles. The second-order valence-electron chi connectivity index (χ2n) is 4.51. The molecule has 1 aromatic carbocycles. The van der Waals surface area contributed by atoms with Crippen LogP contribution in [0, 0.1) is 6.92 Å². The molecule has 1 aliphatic rings. The lowest BCUT2D eigenvalue weighted by atomic mass is 9.99. The molecule has 0 bridgehead atoms. The highest BCUT2D eigenvalue weighted by Gasteiger charge is 2.31. The van der Waals surface area contributed by atoms with E-state index in [1.54, 1.807) is 19.2 Å². The molecular formula is C15H14F3N3O. The number of allylic oxidation sites excluding steroid dienone is 3. The maximum Gasteiger partial charge on any atom is 0.573 e. The summed E-state index contributed by atoms with van der Waals surface area (Å²) in [6.45, 7) is 6.95. The normalized spacial score (nSPS) is 16.7. The second-order valence-corrected chi connectivity index (χ2v) is 4.51. The van der Waals surface area contributed by atoms with Gasteiger partial charge in [0.15, 0.2) is 0 Å². The zero-order valence-corrected chi connectivity index (χ0v) is 12.1. The summed E-state index contributed by atoms with van der Waals surface area (Å²) in [4.78, 5) is 0. The van der Waals surface area contributed by atoms with E-state index in [-0.39, 0.29) is 5.75 Å². The van der Waals surface area contributed by atoms with Gasteiger partial charge in [0.25, 0.3) is 0 Å². The van der Waals surface area contributed by atoms with Crippen molar-refractivity contribution in [3.8, 4) is 5.75 Å². The summed E-state index contributed by atoms with van der Waals surface area (Å²) in [5.41, 5.74) is 2.91. The summed E-state index contributed by atoms with van der Waals surface area (Å²) in [5.74, 6) is -0.247. The van der Waals surface area contributed by atoms with Gasteiger partial charge in [-0.3, -0.25) is 0 Å². The van der Waals surface area contributed by atoms with Crippen molar-refractivity contribution in [2.45, 2.75) is 20.2 Å². The Labute approximate surface area is 125 Å². The third-order valence-corrected chi connectivity index (χ3v) is 3.01. The van der Waals surface area contributed by atoms with Crippen molar-refractivity contribution in [1.82, 2.24) is 5.12 Å². The van der Waals surface area contributed by atoms with Gasteiger partial charge >= 0.3 is 6.36 Å². The minimum absolute atomic E-state index is 0.247. The smallest absolute Gasteiger partial charge is 0.406 e. The fourth-order valence-electron chi connectivity index (χ4n) is 2.06. The molecular weight excluding hydrogens is 295 g/mol. The predicted octanol–water partition coefficient (Wildman–Crippen LogP) is 4.10. The molecule has 0 radical (unpaired) electrons. The summed E-state index contributed by atoms with van der Waals surface area (Å²) in [5, 5.41) is 9.21. The lowest BCUT2D eigenvalue weighted by Crippen LogP contribution is -2.17. The Morgan fingerprint density at radius 1 is 1.36 bits per heavy atom. The monoisotopic (exact) mass is 309 g/mol. The Bertz CT molecular complexity index is 675. The van der Waals surface area contributed by atoms with Crippen molar-refractivity contribution in [3.63, 3.8) is 0 Å². The van der Waals surface area contributed by atoms with Gasteiger partial charge in [-0.05, 0) is 43.2 Å². The van der Waals surface area contributed by atoms with Gasteiger partial charge in [0.1, 0.15) is 5.75 Å². The molecule has 0 saturated heterocycles. The molecule has 0 atom stereocenters. The van der Waals surface area contributed by atoms with Gasteiger partial charge in [-0.2, -0.15) is 15.3 Å². The zero-order valence-electron chi connectivity index (χ0n) is 12.1. The first-order valence-corrected chi connectivity index (χ1v) is 6.39. The molecule has 0 N–H and O–H groups in total. The number of hydrogen-bond acceptors (Lipinski definition) is 4. The molecule has 2 rings (SSSR count). The van der Waals surface area contributed by atoms with Crippen LogP contribution in [0.4, 0.5) is 13.2 Å². The highest BCUT2D eigenvalue weighted by atomic mass is 19.4. The Balaban J connectivity index is 2.33. The third-order valence-electron chi connectivity index (χ3n) is 3.01. The number of rotatable bonds is 3. The van der Waals surface area contributed by atoms with Gasteiger partial charge in [-0.15, -0.1) is 13.2 Å². The molecule has 1 heterocycles. The molecule has 0 saturated carbocycles. The van der Waals surface area contributed by atoms with Crippen LogP contribution in [-0.2, 0) is 0 Å². The van der Waals surface area contributed by atoms with Gasteiger partial charge in [-0.1, -0.05) is 12.1 Å². The van der Waals surface area contributed by atoms with Crippen LogP contribution in [0.2, 0.25) is 0 Å². The Morgan fingerprint density at radius 3 is 2.64 bits per heavy atom. The number of hydrazone groups is 2. The van der Waals surface area contributed by atoms with Gasteiger partial charge in [0.05, 0.1) is 11.9 Å². The van der Waals surface area contributed by atoms with E-state index in [2.05, 4.69) is 21.7 Å². The average Bonchev–Trinajstić information content (AvgIpc) is 2.45. The quantitative estimate of drug-likeness (QED) is 0.788. The lowest BCUT2D eigenvalue weighted by molar-refractivity contribution is -0.274. The SMILES string of the molecule is C=NN1N=CC(c2ccc(OC(F)(F)F)cc2C)=C/C1=C/C. The number of benzene rings is 1. The molecule has 1 aromatic rings. The fourth-order valence-corrected chi connectivity index (χ4v) is 2.06. The molecule has 0 amide bonds. The Kier molecular flexibility index (Phi) is 4.35. The van der Waals surface area contributed by atoms with Crippen molar-refractivity contribution in [1.29, 1.82) is 0 Å². The van der Waals surface area contributed by atoms with Crippen LogP contribution in [0.1, 0.15) is 18.1 Å². The van der Waals surface area contributed by atoms with Crippen LogP contribution < -0.4 is 4.74 Å². The molecule has 0 fully saturated rings. The van der Waals surface area contributed by atoms with Crippen molar-refractivity contribution in [2.24, 2.45) is 10.2 Å². The number of ether oxygens (including phenoxy) is 1. The summed E-state index contributed by atoms with van der Waals surface area (Å²) >= 11 is 0. The highest BCUT2D eigenvalue weighted by molar-refractivity contribution is 6.11. The Morgan fingerprint density at radius 2 is 2.09 bits per heavy atom. The largest absolute Gasteiger partial charge is 0.573 e. The number of nitrogens with zero attached hydrogens (tertiary/aromatic N) is 3. The van der Waals surface area contributed by atoms with Crippen LogP contribution in [0.25, 0.3) is 5.57 Å². The Hall–Kier alpha value is -2.57. The number of hydrogen-bond donors (Lipinski definition) is 0. The molecule has 0 spiro atoms. The fraction of sp³-hybridized carbons (Fsp3) is 0.200. The zero-order chi connectivity index (χ0) is 16.3.